The average Bonchev–Trinajstić information content (AvgIpc) is 2.51. The Morgan fingerprint density at radius 1 is 1.10 bits per heavy atom. The van der Waals surface area contributed by atoms with Crippen LogP contribution in [0.3, 0.4) is 0 Å². The highest BCUT2D eigenvalue weighted by atomic mass is 16.5. The summed E-state index contributed by atoms with van der Waals surface area (Å²) in [6.07, 6.45) is 6.32. The van der Waals surface area contributed by atoms with Crippen LogP contribution in [0.1, 0.15) is 76.0 Å². The maximum absolute atomic E-state index is 6.26. The normalized spacial score (nSPS) is 24.8. The van der Waals surface area contributed by atoms with Gasteiger partial charge in [0.15, 0.2) is 0 Å². The zero-order valence-electron chi connectivity index (χ0n) is 13.9. The second-order valence-corrected chi connectivity index (χ2v) is 6.31. The van der Waals surface area contributed by atoms with Crippen LogP contribution in [0.15, 0.2) is 24.3 Å². The lowest BCUT2D eigenvalue weighted by atomic mass is 9.79. The molecule has 0 spiro atoms. The van der Waals surface area contributed by atoms with Gasteiger partial charge in [-0.15, -0.1) is 0 Å². The molecule has 0 aromatic heterocycles. The van der Waals surface area contributed by atoms with Gasteiger partial charge in [-0.05, 0) is 42.9 Å². The second kappa shape index (κ2) is 8.55. The third-order valence-electron chi connectivity index (χ3n) is 4.51. The van der Waals surface area contributed by atoms with E-state index < -0.39 is 0 Å². The number of fused-ring (bicyclic) bond motifs is 1. The highest BCUT2D eigenvalue weighted by molar-refractivity contribution is 5.36. The first-order chi connectivity index (χ1) is 10.3. The minimum absolute atomic E-state index is 0.318. The first-order valence-electron chi connectivity index (χ1n) is 8.71. The van der Waals surface area contributed by atoms with Gasteiger partial charge in [0, 0.05) is 6.61 Å². The van der Waals surface area contributed by atoms with E-state index in [1.165, 1.54) is 30.4 Å². The third kappa shape index (κ3) is 4.31. The Balaban J connectivity index is 2.08. The summed E-state index contributed by atoms with van der Waals surface area (Å²) in [5, 5.41) is 3.71. The quantitative estimate of drug-likeness (QED) is 0.693. The van der Waals surface area contributed by atoms with Gasteiger partial charge in [0.1, 0.15) is 0 Å². The summed E-state index contributed by atoms with van der Waals surface area (Å²) in [5.74, 6) is 0.594. The number of hydrogen-bond donors (Lipinski definition) is 1. The van der Waals surface area contributed by atoms with Crippen molar-refractivity contribution < 1.29 is 4.74 Å². The molecule has 1 aliphatic carbocycles. The Labute approximate surface area is 130 Å². The maximum atomic E-state index is 6.26. The van der Waals surface area contributed by atoms with Crippen molar-refractivity contribution >= 4 is 0 Å². The molecule has 21 heavy (non-hydrogen) atoms. The van der Waals surface area contributed by atoms with E-state index in [1.807, 2.05) is 0 Å². The summed E-state index contributed by atoms with van der Waals surface area (Å²) in [6.45, 7) is 8.75. The zero-order valence-corrected chi connectivity index (χ0v) is 13.9. The van der Waals surface area contributed by atoms with Crippen molar-refractivity contribution in [1.82, 2.24) is 5.32 Å². The van der Waals surface area contributed by atoms with Crippen LogP contribution in [0, 0.1) is 0 Å². The van der Waals surface area contributed by atoms with Crippen LogP contribution < -0.4 is 5.32 Å². The topological polar surface area (TPSA) is 21.3 Å². The minimum atomic E-state index is 0.318. The third-order valence-corrected chi connectivity index (χ3v) is 4.51. The summed E-state index contributed by atoms with van der Waals surface area (Å²) < 4.78 is 6.26. The largest absolute Gasteiger partial charge is 0.376 e. The molecule has 0 saturated heterocycles. The van der Waals surface area contributed by atoms with Crippen molar-refractivity contribution in [3.63, 3.8) is 0 Å². The molecular weight excluding hydrogens is 258 g/mol. The van der Waals surface area contributed by atoms with Gasteiger partial charge >= 0.3 is 0 Å². The zero-order chi connectivity index (χ0) is 15.1. The number of hydrogen-bond acceptors (Lipinski definition) is 2. The summed E-state index contributed by atoms with van der Waals surface area (Å²) in [5.41, 5.74) is 2.95. The fourth-order valence-electron chi connectivity index (χ4n) is 3.35. The van der Waals surface area contributed by atoms with Gasteiger partial charge in [0.05, 0.1) is 12.1 Å². The molecule has 1 aromatic rings. The van der Waals surface area contributed by atoms with Crippen LogP contribution in [-0.4, -0.2) is 19.3 Å². The standard InChI is InChI=1S/C19H31NO/c1-4-6-9-13-21-18-14-15(3)16-10-7-8-11-17(16)19(18)20-12-5-2/h7-8,10-11,15,18-20H,4-6,9,12-14H2,1-3H3. The Kier molecular flexibility index (Phi) is 6.72. The van der Waals surface area contributed by atoms with Gasteiger partial charge in [0.2, 0.25) is 0 Å². The Hall–Kier alpha value is -0.860. The molecule has 3 atom stereocenters. The summed E-state index contributed by atoms with van der Waals surface area (Å²) in [7, 11) is 0. The van der Waals surface area contributed by atoms with Crippen molar-refractivity contribution in [1.29, 1.82) is 0 Å². The van der Waals surface area contributed by atoms with E-state index in [0.717, 1.165) is 26.0 Å². The molecule has 2 heteroatoms. The molecular formula is C19H31NO. The molecule has 118 valence electrons. The highest BCUT2D eigenvalue weighted by Crippen LogP contribution is 2.38. The molecule has 3 unspecified atom stereocenters. The van der Waals surface area contributed by atoms with E-state index in [-0.39, 0.29) is 0 Å². The predicted octanol–water partition coefficient (Wildman–Crippen LogP) is 4.81. The molecule has 0 heterocycles. The van der Waals surface area contributed by atoms with E-state index in [9.17, 15) is 0 Å². The molecule has 0 aliphatic heterocycles. The van der Waals surface area contributed by atoms with Gasteiger partial charge in [-0.25, -0.2) is 0 Å². The van der Waals surface area contributed by atoms with Crippen molar-refractivity contribution in [2.75, 3.05) is 13.2 Å². The molecule has 0 fully saturated rings. The fourth-order valence-corrected chi connectivity index (χ4v) is 3.35. The van der Waals surface area contributed by atoms with Crippen LogP contribution in [0.2, 0.25) is 0 Å². The summed E-state index contributed by atoms with van der Waals surface area (Å²) in [6, 6.07) is 9.24. The predicted molar refractivity (Wildman–Crippen MR) is 89.8 cm³/mol. The molecule has 0 radical (unpaired) electrons. The Morgan fingerprint density at radius 2 is 1.86 bits per heavy atom. The molecule has 2 nitrogen and oxygen atoms in total. The fraction of sp³-hybridized carbons (Fsp3) is 0.684. The monoisotopic (exact) mass is 289 g/mol. The molecule has 1 aromatic carbocycles. The maximum Gasteiger partial charge on any atom is 0.0775 e. The van der Waals surface area contributed by atoms with Gasteiger partial charge in [-0.3, -0.25) is 0 Å². The van der Waals surface area contributed by atoms with E-state index in [0.29, 0.717) is 18.1 Å². The lowest BCUT2D eigenvalue weighted by Gasteiger charge is -2.37. The molecule has 1 aliphatic rings. The van der Waals surface area contributed by atoms with Crippen molar-refractivity contribution in [3.8, 4) is 0 Å². The molecule has 0 amide bonds. The molecule has 0 bridgehead atoms. The van der Waals surface area contributed by atoms with Gasteiger partial charge in [-0.2, -0.15) is 0 Å². The number of unbranched alkanes of at least 4 members (excludes halogenated alkanes) is 2. The number of rotatable bonds is 8. The number of ether oxygens (including phenoxy) is 1. The number of nitrogens with one attached hydrogen (secondary N) is 1. The first-order valence-corrected chi connectivity index (χ1v) is 8.71. The van der Waals surface area contributed by atoms with Crippen molar-refractivity contribution in [3.05, 3.63) is 35.4 Å². The van der Waals surface area contributed by atoms with Crippen LogP contribution in [0.4, 0.5) is 0 Å². The van der Waals surface area contributed by atoms with Crippen LogP contribution in [-0.2, 0) is 4.74 Å². The van der Waals surface area contributed by atoms with Crippen molar-refractivity contribution in [2.45, 2.75) is 70.9 Å². The first kappa shape index (κ1) is 16.5. The van der Waals surface area contributed by atoms with Gasteiger partial charge in [0.25, 0.3) is 0 Å². The Morgan fingerprint density at radius 3 is 2.57 bits per heavy atom. The summed E-state index contributed by atoms with van der Waals surface area (Å²) >= 11 is 0. The van der Waals surface area contributed by atoms with Crippen LogP contribution in [0.25, 0.3) is 0 Å². The Bertz CT molecular complexity index is 418. The average molecular weight is 289 g/mol. The molecule has 0 saturated carbocycles. The van der Waals surface area contributed by atoms with Crippen LogP contribution in [0.5, 0.6) is 0 Å². The lowest BCUT2D eigenvalue weighted by Crippen LogP contribution is -2.39. The second-order valence-electron chi connectivity index (χ2n) is 6.31. The molecule has 2 rings (SSSR count). The van der Waals surface area contributed by atoms with Crippen LogP contribution >= 0.6 is 0 Å². The highest BCUT2D eigenvalue weighted by Gasteiger charge is 2.33. The lowest BCUT2D eigenvalue weighted by molar-refractivity contribution is 0.00902. The summed E-state index contributed by atoms with van der Waals surface area (Å²) in [4.78, 5) is 0. The van der Waals surface area contributed by atoms with E-state index in [2.05, 4.69) is 50.4 Å². The number of benzene rings is 1. The van der Waals surface area contributed by atoms with E-state index in [4.69, 9.17) is 4.74 Å². The van der Waals surface area contributed by atoms with E-state index in [1.54, 1.807) is 0 Å². The van der Waals surface area contributed by atoms with Crippen molar-refractivity contribution in [2.24, 2.45) is 0 Å². The van der Waals surface area contributed by atoms with E-state index >= 15 is 0 Å². The van der Waals surface area contributed by atoms with Gasteiger partial charge < -0.3 is 10.1 Å². The molecule has 1 N–H and O–H groups in total. The van der Waals surface area contributed by atoms with Gasteiger partial charge in [-0.1, -0.05) is 57.9 Å². The smallest absolute Gasteiger partial charge is 0.0775 e. The minimum Gasteiger partial charge on any atom is -0.376 e. The SMILES string of the molecule is CCCCCOC1CC(C)c2ccccc2C1NCCC.